The molecule has 0 saturated heterocycles. The lowest BCUT2D eigenvalue weighted by Crippen LogP contribution is -1.99. The number of rotatable bonds is 6. The molecule has 60 heavy (non-hydrogen) atoms. The van der Waals surface area contributed by atoms with Gasteiger partial charge in [-0.1, -0.05) is 127 Å². The first-order valence-electron chi connectivity index (χ1n) is 20.8. The van der Waals surface area contributed by atoms with Gasteiger partial charge in [0.2, 0.25) is 0 Å². The Morgan fingerprint density at radius 3 is 1.80 bits per heavy atom. The van der Waals surface area contributed by atoms with E-state index >= 15 is 0 Å². The number of nitrogens with zero attached hydrogens (tertiary/aromatic N) is 4. The Morgan fingerprint density at radius 2 is 1.08 bits per heavy atom. The Bertz CT molecular complexity index is 3410. The first-order chi connectivity index (χ1) is 29.7. The molecule has 0 amide bonds. The Labute approximate surface area is 351 Å². The molecule has 0 spiro atoms. The summed E-state index contributed by atoms with van der Waals surface area (Å²) >= 11 is 1.86. The van der Waals surface area contributed by atoms with Crippen LogP contribution in [-0.2, 0) is 0 Å². The molecular formula is C55H38N4S. The third-order valence-electron chi connectivity index (χ3n) is 12.1. The SMILES string of the molecule is C1=CC(c2ccc3c(c2)nc(-c2ccc(-c4cc(C5=CCCC=C5)nc(-c5ccc(-n6c7ccccc7c7ccccc76)cc5)n4)cc2)c2c4ccccc4sc32)=CCC1. The molecule has 6 aromatic carbocycles. The summed E-state index contributed by atoms with van der Waals surface area (Å²) in [5.41, 5.74) is 14.1. The fraction of sp³-hybridized carbons (Fsp3) is 0.0727. The third kappa shape index (κ3) is 5.84. The topological polar surface area (TPSA) is 43.6 Å². The van der Waals surface area contributed by atoms with Gasteiger partial charge in [-0.3, -0.25) is 0 Å². The number of para-hydroxylation sites is 2. The van der Waals surface area contributed by atoms with Crippen LogP contribution in [0.25, 0.3) is 104 Å². The van der Waals surface area contributed by atoms with Crippen LogP contribution in [0.4, 0.5) is 0 Å². The maximum Gasteiger partial charge on any atom is 0.160 e. The van der Waals surface area contributed by atoms with Gasteiger partial charge in [0.15, 0.2) is 5.82 Å². The summed E-state index contributed by atoms with van der Waals surface area (Å²) in [6.07, 6.45) is 17.8. The number of hydrogen-bond donors (Lipinski definition) is 0. The molecule has 284 valence electrons. The quantitative estimate of drug-likeness (QED) is 0.169. The molecular weight excluding hydrogens is 749 g/mol. The van der Waals surface area contributed by atoms with E-state index < -0.39 is 0 Å². The summed E-state index contributed by atoms with van der Waals surface area (Å²) in [7, 11) is 0. The lowest BCUT2D eigenvalue weighted by Gasteiger charge is -2.13. The number of hydrogen-bond acceptors (Lipinski definition) is 4. The molecule has 2 aliphatic carbocycles. The summed E-state index contributed by atoms with van der Waals surface area (Å²) in [6, 6.07) is 52.4. The zero-order valence-corrected chi connectivity index (χ0v) is 33.7. The fourth-order valence-electron chi connectivity index (χ4n) is 9.11. The molecule has 4 nitrogen and oxygen atoms in total. The van der Waals surface area contributed by atoms with Crippen molar-refractivity contribution in [2.45, 2.75) is 25.7 Å². The molecule has 2 aliphatic rings. The van der Waals surface area contributed by atoms with Crippen LogP contribution in [0.15, 0.2) is 182 Å². The minimum Gasteiger partial charge on any atom is -0.309 e. The normalized spacial score (nSPS) is 14.1. The minimum atomic E-state index is 0.710. The summed E-state index contributed by atoms with van der Waals surface area (Å²) in [4.78, 5) is 15.9. The second kappa shape index (κ2) is 14.3. The molecule has 10 aromatic rings. The average Bonchev–Trinajstić information content (AvgIpc) is 3.88. The first-order valence-corrected chi connectivity index (χ1v) is 21.6. The highest BCUT2D eigenvalue weighted by Crippen LogP contribution is 2.44. The van der Waals surface area contributed by atoms with Crippen LogP contribution in [0.3, 0.4) is 0 Å². The zero-order chi connectivity index (χ0) is 39.6. The Morgan fingerprint density at radius 1 is 0.467 bits per heavy atom. The highest BCUT2D eigenvalue weighted by atomic mass is 32.1. The van der Waals surface area contributed by atoms with Gasteiger partial charge in [-0.15, -0.1) is 11.3 Å². The smallest absolute Gasteiger partial charge is 0.160 e. The van der Waals surface area contributed by atoms with Gasteiger partial charge < -0.3 is 4.57 Å². The van der Waals surface area contributed by atoms with Crippen molar-refractivity contribution < 1.29 is 0 Å². The van der Waals surface area contributed by atoms with Gasteiger partial charge in [0.05, 0.1) is 33.6 Å². The van der Waals surface area contributed by atoms with E-state index in [1.54, 1.807) is 0 Å². The summed E-state index contributed by atoms with van der Waals surface area (Å²) < 4.78 is 4.90. The number of aromatic nitrogens is 4. The number of benzene rings is 6. The number of allylic oxidation sites excluding steroid dienone is 8. The van der Waals surface area contributed by atoms with E-state index in [9.17, 15) is 0 Å². The van der Waals surface area contributed by atoms with Crippen molar-refractivity contribution in [3.05, 3.63) is 193 Å². The molecule has 4 heterocycles. The Hall–Kier alpha value is -7.21. The second-order valence-electron chi connectivity index (χ2n) is 15.7. The lowest BCUT2D eigenvalue weighted by atomic mass is 9.96. The van der Waals surface area contributed by atoms with Gasteiger partial charge in [-0.25, -0.2) is 15.0 Å². The molecule has 0 fully saturated rings. The summed E-state index contributed by atoms with van der Waals surface area (Å²) in [5, 5.41) is 6.16. The third-order valence-corrected chi connectivity index (χ3v) is 13.3. The van der Waals surface area contributed by atoms with Gasteiger partial charge in [-0.2, -0.15) is 0 Å². The van der Waals surface area contributed by atoms with Gasteiger partial charge in [0.25, 0.3) is 0 Å². The van der Waals surface area contributed by atoms with Crippen molar-refractivity contribution in [2.24, 2.45) is 0 Å². The van der Waals surface area contributed by atoms with Crippen LogP contribution < -0.4 is 0 Å². The summed E-state index contributed by atoms with van der Waals surface area (Å²) in [6.45, 7) is 0. The first kappa shape index (κ1) is 34.8. The van der Waals surface area contributed by atoms with Crippen LogP contribution in [0.5, 0.6) is 0 Å². The van der Waals surface area contributed by atoms with E-state index in [0.29, 0.717) is 5.82 Å². The van der Waals surface area contributed by atoms with Crippen molar-refractivity contribution in [1.82, 2.24) is 19.5 Å². The largest absolute Gasteiger partial charge is 0.309 e. The van der Waals surface area contributed by atoms with Crippen LogP contribution in [0.2, 0.25) is 0 Å². The Kier molecular flexibility index (Phi) is 8.27. The van der Waals surface area contributed by atoms with E-state index in [2.05, 4.69) is 187 Å². The van der Waals surface area contributed by atoms with E-state index in [0.717, 1.165) is 76.2 Å². The molecule has 12 rings (SSSR count). The average molecular weight is 787 g/mol. The highest BCUT2D eigenvalue weighted by Gasteiger charge is 2.19. The molecule has 4 aromatic heterocycles. The van der Waals surface area contributed by atoms with E-state index in [-0.39, 0.29) is 0 Å². The van der Waals surface area contributed by atoms with Gasteiger partial charge >= 0.3 is 0 Å². The van der Waals surface area contributed by atoms with Crippen LogP contribution >= 0.6 is 11.3 Å². The summed E-state index contributed by atoms with van der Waals surface area (Å²) in [5.74, 6) is 0.710. The Balaban J connectivity index is 0.961. The van der Waals surface area contributed by atoms with Crippen molar-refractivity contribution >= 4 is 75.4 Å². The van der Waals surface area contributed by atoms with E-state index in [1.807, 2.05) is 11.3 Å². The number of fused-ring (bicyclic) bond motifs is 8. The monoisotopic (exact) mass is 786 g/mol. The van der Waals surface area contributed by atoms with Crippen molar-refractivity contribution in [2.75, 3.05) is 0 Å². The molecule has 0 unspecified atom stereocenters. The maximum absolute atomic E-state index is 5.45. The molecule has 5 heteroatoms. The van der Waals surface area contributed by atoms with Crippen molar-refractivity contribution in [1.29, 1.82) is 0 Å². The van der Waals surface area contributed by atoms with Crippen molar-refractivity contribution in [3.8, 4) is 39.6 Å². The lowest BCUT2D eigenvalue weighted by molar-refractivity contribution is 1.03. The molecule has 0 radical (unpaired) electrons. The fourth-order valence-corrected chi connectivity index (χ4v) is 10.4. The molecule has 0 aliphatic heterocycles. The van der Waals surface area contributed by atoms with Gasteiger partial charge in [-0.05, 0) is 97.0 Å². The molecule has 0 bridgehead atoms. The predicted octanol–water partition coefficient (Wildman–Crippen LogP) is 15.0. The van der Waals surface area contributed by atoms with E-state index in [4.69, 9.17) is 15.0 Å². The molecule has 0 atom stereocenters. The highest BCUT2D eigenvalue weighted by molar-refractivity contribution is 7.26. The van der Waals surface area contributed by atoms with Gasteiger partial charge in [0.1, 0.15) is 0 Å². The van der Waals surface area contributed by atoms with E-state index in [1.165, 1.54) is 58.5 Å². The van der Waals surface area contributed by atoms with Crippen molar-refractivity contribution in [3.63, 3.8) is 0 Å². The maximum atomic E-state index is 5.45. The molecule has 0 saturated carbocycles. The van der Waals surface area contributed by atoms with Crippen LogP contribution in [-0.4, -0.2) is 19.5 Å². The number of thiophene rings is 1. The second-order valence-corrected chi connectivity index (χ2v) is 16.8. The molecule has 0 N–H and O–H groups in total. The minimum absolute atomic E-state index is 0.710. The standard InChI is InChI=1S/C55H38N4S/c1-3-13-35(14-4-1)40-29-32-44-48(33-40)56-53(52-45-19-9-12-22-51(45)60-54(44)52)38-25-23-37(24-26-38)47-34-46(36-15-5-2-6-16-36)57-55(58-47)39-27-30-41(31-28-39)59-49-20-10-7-17-42(49)43-18-8-11-21-50(43)59/h3,5,7-34H,1-2,4,6H2. The van der Waals surface area contributed by atoms with Crippen LogP contribution in [0.1, 0.15) is 36.9 Å². The predicted molar refractivity (Wildman–Crippen MR) is 254 cm³/mol. The zero-order valence-electron chi connectivity index (χ0n) is 32.8. The number of pyridine rings is 1. The van der Waals surface area contributed by atoms with Gasteiger partial charge in [0, 0.05) is 58.7 Å². The van der Waals surface area contributed by atoms with Crippen LogP contribution in [0, 0.1) is 0 Å².